The van der Waals surface area contributed by atoms with Gasteiger partial charge in [-0.2, -0.15) is 0 Å². The molecule has 3 rings (SSSR count). The van der Waals surface area contributed by atoms with E-state index >= 15 is 0 Å². The monoisotopic (exact) mass is 229 g/mol. The molecule has 0 nitrogen and oxygen atoms in total. The molecule has 2 aromatic rings. The molecule has 0 aromatic heterocycles. The average Bonchev–Trinajstić information content (AvgIpc) is 2.87. The van der Waals surface area contributed by atoms with Gasteiger partial charge in [-0.3, -0.25) is 0 Å². The molecule has 0 saturated carbocycles. The summed E-state index contributed by atoms with van der Waals surface area (Å²) in [7, 11) is 0. The molecule has 0 fully saturated rings. The zero-order valence-corrected chi connectivity index (χ0v) is 10.2. The quantitative estimate of drug-likeness (QED) is 0.530. The lowest BCUT2D eigenvalue weighted by atomic mass is 9.81. The van der Waals surface area contributed by atoms with Crippen molar-refractivity contribution in [1.29, 1.82) is 0 Å². The maximum Gasteiger partial charge on any atom is 0.0629 e. The molecular weight excluding hydrogens is 204 g/mol. The lowest BCUT2D eigenvalue weighted by Gasteiger charge is -2.23. The summed E-state index contributed by atoms with van der Waals surface area (Å²) in [5, 5.41) is 0. The standard InChI is InChI=1S/C17H18/c1-17(2,3)15-10-6-8-13-11-12-7-4-5-9-14(12)16(13)15/h4-10H,11H2,1-3H3/i4D,5D,6D,7D,8D,9D,10D. The van der Waals surface area contributed by atoms with Gasteiger partial charge in [-0.15, -0.1) is 0 Å². The smallest absolute Gasteiger partial charge is 0.0619 e. The van der Waals surface area contributed by atoms with E-state index in [4.69, 9.17) is 9.60 Å². The van der Waals surface area contributed by atoms with Crippen LogP contribution in [0.3, 0.4) is 0 Å². The summed E-state index contributed by atoms with van der Waals surface area (Å²) in [5.74, 6) is 0. The van der Waals surface area contributed by atoms with Crippen molar-refractivity contribution in [3.8, 4) is 11.1 Å². The Hall–Kier alpha value is -1.56. The molecule has 0 saturated heterocycles. The van der Waals surface area contributed by atoms with E-state index in [0.717, 1.165) is 0 Å². The third-order valence-corrected chi connectivity index (χ3v) is 3.07. The topological polar surface area (TPSA) is 0 Å². The first-order valence-corrected chi connectivity index (χ1v) is 5.71. The van der Waals surface area contributed by atoms with Crippen LogP contribution in [0.25, 0.3) is 11.1 Å². The first-order chi connectivity index (χ1) is 11.0. The fraction of sp³-hybridized carbons (Fsp3) is 0.294. The number of benzene rings is 2. The van der Waals surface area contributed by atoms with Crippen LogP contribution in [0.4, 0.5) is 0 Å². The van der Waals surface area contributed by atoms with Crippen molar-refractivity contribution in [2.24, 2.45) is 0 Å². The Morgan fingerprint density at radius 3 is 2.41 bits per heavy atom. The van der Waals surface area contributed by atoms with E-state index in [1.54, 1.807) is 0 Å². The van der Waals surface area contributed by atoms with Crippen molar-refractivity contribution < 1.29 is 9.60 Å². The molecular formula is C17H18. The summed E-state index contributed by atoms with van der Waals surface area (Å²) in [6.45, 7) is 5.73. The van der Waals surface area contributed by atoms with Crippen LogP contribution >= 0.6 is 0 Å². The summed E-state index contributed by atoms with van der Waals surface area (Å²) in [6, 6.07) is -1.07. The maximum absolute atomic E-state index is 8.32. The summed E-state index contributed by atoms with van der Waals surface area (Å²) in [5.41, 5.74) is 2.02. The van der Waals surface area contributed by atoms with Crippen molar-refractivity contribution >= 4 is 0 Å². The van der Waals surface area contributed by atoms with Crippen molar-refractivity contribution in [2.75, 3.05) is 0 Å². The number of hydrogen-bond donors (Lipinski definition) is 0. The highest BCUT2D eigenvalue weighted by molar-refractivity contribution is 5.80. The van der Waals surface area contributed by atoms with Gasteiger partial charge in [-0.1, -0.05) is 63.1 Å². The molecule has 0 heteroatoms. The molecule has 0 bridgehead atoms. The molecule has 0 heterocycles. The molecule has 2 aromatic carbocycles. The Balaban J connectivity index is 2.55. The molecule has 17 heavy (non-hydrogen) atoms. The molecule has 0 aliphatic heterocycles. The first-order valence-electron chi connectivity index (χ1n) is 9.21. The molecule has 1 aliphatic carbocycles. The Labute approximate surface area is 113 Å². The maximum atomic E-state index is 8.32. The van der Waals surface area contributed by atoms with Gasteiger partial charge in [0.05, 0.1) is 9.60 Å². The van der Waals surface area contributed by atoms with Crippen LogP contribution < -0.4 is 0 Å². The van der Waals surface area contributed by atoms with Crippen molar-refractivity contribution in [2.45, 2.75) is 32.6 Å². The molecule has 0 radical (unpaired) electrons. The summed E-state index contributed by atoms with van der Waals surface area (Å²) in [6.07, 6.45) is 0.204. The van der Waals surface area contributed by atoms with E-state index < -0.39 is 5.41 Å². The normalized spacial score (nSPS) is 19.1. The van der Waals surface area contributed by atoms with Gasteiger partial charge < -0.3 is 0 Å². The summed E-state index contributed by atoms with van der Waals surface area (Å²) >= 11 is 0. The Bertz CT molecular complexity index is 892. The lowest BCUT2D eigenvalue weighted by molar-refractivity contribution is 0.592. The van der Waals surface area contributed by atoms with Gasteiger partial charge in [0.25, 0.3) is 0 Å². The van der Waals surface area contributed by atoms with E-state index in [2.05, 4.69) is 0 Å². The van der Waals surface area contributed by atoms with Crippen LogP contribution in [-0.2, 0) is 11.8 Å². The number of rotatable bonds is 0. The van der Waals surface area contributed by atoms with E-state index in [9.17, 15) is 0 Å². The van der Waals surface area contributed by atoms with E-state index in [-0.39, 0.29) is 48.7 Å². The number of hydrogen-bond acceptors (Lipinski definition) is 0. The third-order valence-electron chi connectivity index (χ3n) is 3.07. The largest absolute Gasteiger partial charge is 0.0629 e. The minimum absolute atomic E-state index is 0.0356. The van der Waals surface area contributed by atoms with Crippen molar-refractivity contribution in [1.82, 2.24) is 0 Å². The van der Waals surface area contributed by atoms with Gasteiger partial charge in [0.2, 0.25) is 0 Å². The Morgan fingerprint density at radius 1 is 0.941 bits per heavy atom. The van der Waals surface area contributed by atoms with E-state index in [0.29, 0.717) is 27.8 Å². The van der Waals surface area contributed by atoms with E-state index in [1.165, 1.54) is 0 Å². The zero-order chi connectivity index (χ0) is 18.1. The average molecular weight is 229 g/mol. The molecule has 0 amide bonds. The van der Waals surface area contributed by atoms with Gasteiger partial charge in [0, 0.05) is 0 Å². The highest BCUT2D eigenvalue weighted by Gasteiger charge is 2.25. The second-order valence-corrected chi connectivity index (χ2v) is 5.38. The zero-order valence-electron chi connectivity index (χ0n) is 17.2. The summed E-state index contributed by atoms with van der Waals surface area (Å²) in [4.78, 5) is 0. The Kier molecular flexibility index (Phi) is 1.10. The predicted molar refractivity (Wildman–Crippen MR) is 73.4 cm³/mol. The molecule has 0 spiro atoms. The highest BCUT2D eigenvalue weighted by Crippen LogP contribution is 2.42. The highest BCUT2D eigenvalue weighted by atomic mass is 14.3. The predicted octanol–water partition coefficient (Wildman–Crippen LogP) is 4.56. The van der Waals surface area contributed by atoms with Gasteiger partial charge in [-0.25, -0.2) is 0 Å². The van der Waals surface area contributed by atoms with Crippen molar-refractivity contribution in [3.63, 3.8) is 0 Å². The molecule has 0 unspecified atom stereocenters. The minimum atomic E-state index is -0.483. The van der Waals surface area contributed by atoms with Crippen molar-refractivity contribution in [3.05, 3.63) is 59.0 Å². The fourth-order valence-corrected chi connectivity index (χ4v) is 2.28. The van der Waals surface area contributed by atoms with Crippen LogP contribution in [0.1, 0.15) is 47.1 Å². The van der Waals surface area contributed by atoms with Gasteiger partial charge >= 0.3 is 0 Å². The first kappa shape index (κ1) is 5.39. The molecule has 86 valence electrons. The molecule has 0 atom stereocenters. The summed E-state index contributed by atoms with van der Waals surface area (Å²) < 4.78 is 56.9. The van der Waals surface area contributed by atoms with Gasteiger partial charge in [0.15, 0.2) is 0 Å². The van der Waals surface area contributed by atoms with Gasteiger partial charge in [-0.05, 0) is 39.7 Å². The van der Waals surface area contributed by atoms with Crippen LogP contribution in [0.2, 0.25) is 0 Å². The van der Waals surface area contributed by atoms with Gasteiger partial charge in [0.1, 0.15) is 0 Å². The van der Waals surface area contributed by atoms with Crippen LogP contribution in [0.15, 0.2) is 42.3 Å². The second-order valence-electron chi connectivity index (χ2n) is 5.38. The molecule has 0 N–H and O–H groups in total. The minimum Gasteiger partial charge on any atom is -0.0619 e. The van der Waals surface area contributed by atoms with Crippen LogP contribution in [0.5, 0.6) is 0 Å². The SMILES string of the molecule is [2H]c1c([2H])c([2H])c2c(c1[2H])Cc1c([2H])c([2H])c([2H])c(C(C)(C)C)c1-2. The third kappa shape index (κ3) is 1.59. The molecule has 1 aliphatic rings. The fourth-order valence-electron chi connectivity index (χ4n) is 2.28. The second kappa shape index (κ2) is 3.46. The Morgan fingerprint density at radius 2 is 1.65 bits per heavy atom. The van der Waals surface area contributed by atoms with E-state index in [1.807, 2.05) is 20.8 Å². The number of fused-ring (bicyclic) bond motifs is 3. The lowest BCUT2D eigenvalue weighted by Crippen LogP contribution is -2.12. The van der Waals surface area contributed by atoms with Crippen LogP contribution in [0, 0.1) is 0 Å². The van der Waals surface area contributed by atoms with Crippen LogP contribution in [-0.4, -0.2) is 0 Å².